The molecular weight excluding hydrogens is 314 g/mol. The molecule has 0 aromatic carbocycles. The topological polar surface area (TPSA) is 49.0 Å². The number of nitrogens with one attached hydrogen (secondary N) is 1. The molecule has 2 heterocycles. The maximum atomic E-state index is 11.9. The number of hydrogen-bond acceptors (Lipinski definition) is 4. The molecule has 6 heteroatoms. The molecule has 0 radical (unpaired) electrons. The number of nitrogens with zero attached hydrogens (tertiary/aromatic N) is 2. The predicted molar refractivity (Wildman–Crippen MR) is 79.3 cm³/mol. The Morgan fingerprint density at radius 1 is 1.56 bits per heavy atom. The molecule has 1 aromatic rings. The van der Waals surface area contributed by atoms with Crippen molar-refractivity contribution in [2.75, 3.05) is 25.1 Å². The summed E-state index contributed by atoms with van der Waals surface area (Å²) in [6, 6.07) is 0.210. The Kier molecular flexibility index (Phi) is 4.50. The Hall–Kier alpha value is -0.330. The summed E-state index contributed by atoms with van der Waals surface area (Å²) in [5.74, 6) is 3.16. The minimum Gasteiger partial charge on any atom is -0.308 e. The first-order valence-electron chi connectivity index (χ1n) is 6.08. The number of rotatable bonds is 2. The highest BCUT2D eigenvalue weighted by Crippen LogP contribution is 2.27. The molecule has 0 bridgehead atoms. The lowest BCUT2D eigenvalue weighted by molar-refractivity contribution is 0.263. The summed E-state index contributed by atoms with van der Waals surface area (Å²) in [6.07, 6.45) is 0. The van der Waals surface area contributed by atoms with E-state index in [0.717, 1.165) is 29.6 Å². The molecule has 1 unspecified atom stereocenters. The van der Waals surface area contributed by atoms with Gasteiger partial charge in [-0.2, -0.15) is 11.8 Å². The van der Waals surface area contributed by atoms with Crippen LogP contribution in [0.25, 0.3) is 0 Å². The van der Waals surface area contributed by atoms with Crippen LogP contribution in [0.4, 0.5) is 0 Å². The van der Waals surface area contributed by atoms with E-state index in [0.29, 0.717) is 4.47 Å². The molecule has 1 atom stereocenters. The van der Waals surface area contributed by atoms with Crippen molar-refractivity contribution in [1.82, 2.24) is 14.9 Å². The van der Waals surface area contributed by atoms with Crippen LogP contribution < -0.4 is 5.56 Å². The van der Waals surface area contributed by atoms with Gasteiger partial charge in [-0.05, 0) is 28.9 Å². The second-order valence-electron chi connectivity index (χ2n) is 4.88. The predicted octanol–water partition coefficient (Wildman–Crippen LogP) is 2.38. The first-order chi connectivity index (χ1) is 8.50. The molecule has 1 aliphatic rings. The summed E-state index contributed by atoms with van der Waals surface area (Å²) in [4.78, 5) is 21.8. The molecule has 0 aliphatic carbocycles. The minimum absolute atomic E-state index is 0.0762. The van der Waals surface area contributed by atoms with Gasteiger partial charge in [0.25, 0.3) is 5.56 Å². The largest absolute Gasteiger partial charge is 0.308 e. The lowest BCUT2D eigenvalue weighted by atomic mass is 10.1. The van der Waals surface area contributed by atoms with Crippen molar-refractivity contribution in [3.8, 4) is 0 Å². The molecule has 0 saturated carbocycles. The van der Waals surface area contributed by atoms with Gasteiger partial charge in [-0.15, -0.1) is 0 Å². The molecular formula is C12H18BrN3OS. The number of aromatic nitrogens is 2. The zero-order chi connectivity index (χ0) is 13.3. The first kappa shape index (κ1) is 14.1. The summed E-state index contributed by atoms with van der Waals surface area (Å²) in [5.41, 5.74) is 0.769. The lowest BCUT2D eigenvalue weighted by Gasteiger charge is -2.31. The summed E-state index contributed by atoms with van der Waals surface area (Å²) < 4.78 is 0.562. The van der Waals surface area contributed by atoms with Crippen molar-refractivity contribution < 1.29 is 0 Å². The Morgan fingerprint density at radius 2 is 2.28 bits per heavy atom. The summed E-state index contributed by atoms with van der Waals surface area (Å²) in [6.45, 7) is 5.14. The number of hydrogen-bond donors (Lipinski definition) is 1. The Balaban J connectivity index is 2.42. The summed E-state index contributed by atoms with van der Waals surface area (Å²) >= 11 is 5.24. The normalized spacial score (nSPS) is 21.5. The second-order valence-corrected chi connectivity index (χ2v) is 6.82. The van der Waals surface area contributed by atoms with Gasteiger partial charge in [0, 0.05) is 18.1 Å². The third-order valence-electron chi connectivity index (χ3n) is 3.17. The van der Waals surface area contributed by atoms with Crippen LogP contribution in [-0.4, -0.2) is 40.0 Å². The zero-order valence-electron chi connectivity index (χ0n) is 10.9. The van der Waals surface area contributed by atoms with Crippen LogP contribution in [0.1, 0.15) is 37.3 Å². The molecule has 1 fully saturated rings. The van der Waals surface area contributed by atoms with Crippen LogP contribution in [0.15, 0.2) is 9.27 Å². The fraction of sp³-hybridized carbons (Fsp3) is 0.667. The van der Waals surface area contributed by atoms with Gasteiger partial charge >= 0.3 is 0 Å². The number of aromatic amines is 1. The highest BCUT2D eigenvalue weighted by molar-refractivity contribution is 9.10. The smallest absolute Gasteiger partial charge is 0.265 e. The summed E-state index contributed by atoms with van der Waals surface area (Å²) in [5, 5.41) is 0. The molecule has 0 amide bonds. The van der Waals surface area contributed by atoms with Crippen LogP contribution in [0.5, 0.6) is 0 Å². The second kappa shape index (κ2) is 5.75. The van der Waals surface area contributed by atoms with Crippen molar-refractivity contribution in [2.24, 2.45) is 0 Å². The van der Waals surface area contributed by atoms with E-state index in [-0.39, 0.29) is 17.5 Å². The van der Waals surface area contributed by atoms with Crippen molar-refractivity contribution in [3.05, 3.63) is 26.3 Å². The van der Waals surface area contributed by atoms with Crippen molar-refractivity contribution in [3.63, 3.8) is 0 Å². The Labute approximate surface area is 120 Å². The molecule has 1 saturated heterocycles. The van der Waals surface area contributed by atoms with E-state index >= 15 is 0 Å². The zero-order valence-corrected chi connectivity index (χ0v) is 13.3. The monoisotopic (exact) mass is 331 g/mol. The van der Waals surface area contributed by atoms with Crippen LogP contribution in [0.3, 0.4) is 0 Å². The van der Waals surface area contributed by atoms with Gasteiger partial charge in [0.1, 0.15) is 10.3 Å². The minimum atomic E-state index is -0.0762. The molecule has 2 rings (SSSR count). The van der Waals surface area contributed by atoms with Gasteiger partial charge in [0.2, 0.25) is 0 Å². The van der Waals surface area contributed by atoms with Crippen molar-refractivity contribution in [2.45, 2.75) is 25.8 Å². The fourth-order valence-corrected chi connectivity index (χ4v) is 3.87. The van der Waals surface area contributed by atoms with E-state index in [9.17, 15) is 4.79 Å². The maximum absolute atomic E-state index is 11.9. The van der Waals surface area contributed by atoms with E-state index in [1.807, 2.05) is 11.8 Å². The molecule has 1 aromatic heterocycles. The van der Waals surface area contributed by atoms with Gasteiger partial charge in [-0.3, -0.25) is 9.69 Å². The van der Waals surface area contributed by atoms with Gasteiger partial charge in [-0.25, -0.2) is 4.98 Å². The van der Waals surface area contributed by atoms with Crippen LogP contribution in [-0.2, 0) is 0 Å². The molecule has 0 spiro atoms. The van der Waals surface area contributed by atoms with Crippen LogP contribution in [0.2, 0.25) is 0 Å². The van der Waals surface area contributed by atoms with E-state index in [1.54, 1.807) is 0 Å². The quantitative estimate of drug-likeness (QED) is 0.903. The molecule has 18 heavy (non-hydrogen) atoms. The van der Waals surface area contributed by atoms with Gasteiger partial charge in [0.15, 0.2) is 0 Å². The first-order valence-corrected chi connectivity index (χ1v) is 8.03. The average Bonchev–Trinajstić information content (AvgIpc) is 2.33. The number of halogens is 1. The van der Waals surface area contributed by atoms with E-state index in [4.69, 9.17) is 0 Å². The third kappa shape index (κ3) is 2.81. The van der Waals surface area contributed by atoms with E-state index in [1.165, 1.54) is 0 Å². The van der Waals surface area contributed by atoms with Crippen molar-refractivity contribution >= 4 is 27.7 Å². The van der Waals surface area contributed by atoms with E-state index in [2.05, 4.69) is 51.7 Å². The number of H-pyrrole nitrogens is 1. The van der Waals surface area contributed by atoms with Gasteiger partial charge in [0.05, 0.1) is 11.7 Å². The Bertz CT molecular complexity index is 489. The molecule has 4 nitrogen and oxygen atoms in total. The molecule has 1 aliphatic heterocycles. The standard InChI is InChI=1S/C12H18BrN3OS/c1-7(2)10-9(13)12(17)15-11(14-10)8-6-18-5-4-16(8)3/h7-8H,4-6H2,1-3H3,(H,14,15,17). The van der Waals surface area contributed by atoms with Gasteiger partial charge < -0.3 is 4.98 Å². The van der Waals surface area contributed by atoms with Gasteiger partial charge in [-0.1, -0.05) is 13.8 Å². The highest BCUT2D eigenvalue weighted by Gasteiger charge is 2.25. The molecule has 1 N–H and O–H groups in total. The highest BCUT2D eigenvalue weighted by atomic mass is 79.9. The number of thioether (sulfide) groups is 1. The van der Waals surface area contributed by atoms with Crippen molar-refractivity contribution in [1.29, 1.82) is 0 Å². The Morgan fingerprint density at radius 3 is 2.89 bits per heavy atom. The SMILES string of the molecule is CC(C)c1nc(C2CSCCN2C)[nH]c(=O)c1Br. The van der Waals surface area contributed by atoms with Crippen LogP contribution >= 0.6 is 27.7 Å². The van der Waals surface area contributed by atoms with E-state index < -0.39 is 0 Å². The maximum Gasteiger partial charge on any atom is 0.265 e. The fourth-order valence-electron chi connectivity index (χ4n) is 2.01. The summed E-state index contributed by atoms with van der Waals surface area (Å²) in [7, 11) is 2.08. The van der Waals surface area contributed by atoms with Crippen LogP contribution in [0, 0.1) is 0 Å². The lowest BCUT2D eigenvalue weighted by Crippen LogP contribution is -2.35. The average molecular weight is 332 g/mol. The third-order valence-corrected chi connectivity index (χ3v) is 4.95. The molecule has 100 valence electrons.